The van der Waals surface area contributed by atoms with Gasteiger partial charge in [0, 0.05) is 17.0 Å². The van der Waals surface area contributed by atoms with Crippen LogP contribution in [0, 0.1) is 17.8 Å². The highest BCUT2D eigenvalue weighted by Crippen LogP contribution is 2.49. The summed E-state index contributed by atoms with van der Waals surface area (Å²) < 4.78 is 0. The summed E-state index contributed by atoms with van der Waals surface area (Å²) >= 11 is 0. The minimum atomic E-state index is 0.0198. The summed E-state index contributed by atoms with van der Waals surface area (Å²) in [4.78, 5) is 18.4. The molecular weight excluding hydrogens is 392 g/mol. The number of nitrogens with one attached hydrogen (secondary N) is 1. The van der Waals surface area contributed by atoms with Gasteiger partial charge < -0.3 is 5.32 Å². The number of fused-ring (bicyclic) bond motifs is 3. The predicted octanol–water partition coefficient (Wildman–Crippen LogP) is 6.75. The maximum absolute atomic E-state index is 13.5. The Kier molecular flexibility index (Phi) is 5.31. The van der Waals surface area contributed by atoms with E-state index in [1.54, 1.807) is 0 Å². The second kappa shape index (κ2) is 8.03. The van der Waals surface area contributed by atoms with Gasteiger partial charge in [0.05, 0.1) is 16.8 Å². The highest BCUT2D eigenvalue weighted by Gasteiger charge is 2.42. The first-order valence-corrected chi connectivity index (χ1v) is 12.1. The summed E-state index contributed by atoms with van der Waals surface area (Å²) in [5.41, 5.74) is 4.87. The average molecular weight is 427 g/mol. The van der Waals surface area contributed by atoms with Crippen molar-refractivity contribution in [1.82, 2.24) is 10.3 Å². The Morgan fingerprint density at radius 2 is 1.78 bits per heavy atom. The van der Waals surface area contributed by atoms with Crippen molar-refractivity contribution in [3.63, 3.8) is 0 Å². The summed E-state index contributed by atoms with van der Waals surface area (Å²) in [5, 5.41) is 4.27. The maximum atomic E-state index is 13.5. The first-order valence-electron chi connectivity index (χ1n) is 12.1. The van der Waals surface area contributed by atoms with Crippen molar-refractivity contribution < 1.29 is 4.79 Å². The number of hydrogen-bond acceptors (Lipinski definition) is 2. The van der Waals surface area contributed by atoms with Crippen LogP contribution in [0.25, 0.3) is 22.2 Å². The number of para-hydroxylation sites is 1. The number of aromatic nitrogens is 1. The van der Waals surface area contributed by atoms with Gasteiger partial charge in [-0.3, -0.25) is 4.79 Å². The van der Waals surface area contributed by atoms with Crippen molar-refractivity contribution in [3.8, 4) is 11.3 Å². The van der Waals surface area contributed by atoms with Gasteiger partial charge in [0.25, 0.3) is 5.91 Å². The minimum absolute atomic E-state index is 0.0198. The van der Waals surface area contributed by atoms with E-state index < -0.39 is 0 Å². The van der Waals surface area contributed by atoms with Crippen LogP contribution in [0.15, 0.2) is 54.6 Å². The lowest BCUT2D eigenvalue weighted by atomic mass is 9.84. The van der Waals surface area contributed by atoms with Crippen LogP contribution in [0.5, 0.6) is 0 Å². The Morgan fingerprint density at radius 3 is 2.44 bits per heavy atom. The van der Waals surface area contributed by atoms with E-state index in [0.717, 1.165) is 39.6 Å². The van der Waals surface area contributed by atoms with Gasteiger partial charge in [0.2, 0.25) is 0 Å². The highest BCUT2D eigenvalue weighted by molar-refractivity contribution is 6.07. The quantitative estimate of drug-likeness (QED) is 0.501. The molecule has 0 radical (unpaired) electrons. The van der Waals surface area contributed by atoms with E-state index in [1.165, 1.54) is 31.2 Å². The van der Waals surface area contributed by atoms with Crippen molar-refractivity contribution in [1.29, 1.82) is 0 Å². The Labute approximate surface area is 191 Å². The number of pyridine rings is 1. The first kappa shape index (κ1) is 21.2. The first-order chi connectivity index (χ1) is 15.3. The molecule has 2 bridgehead atoms. The second-order valence-electron chi connectivity index (χ2n) is 11.0. The van der Waals surface area contributed by atoms with Crippen molar-refractivity contribution in [2.75, 3.05) is 0 Å². The molecule has 32 heavy (non-hydrogen) atoms. The van der Waals surface area contributed by atoms with Crippen LogP contribution in [0.4, 0.5) is 0 Å². The monoisotopic (exact) mass is 426 g/mol. The molecule has 1 aromatic heterocycles. The number of benzene rings is 2. The molecule has 2 aliphatic carbocycles. The van der Waals surface area contributed by atoms with Gasteiger partial charge in [-0.2, -0.15) is 0 Å². The molecule has 3 aromatic rings. The highest BCUT2D eigenvalue weighted by atomic mass is 16.1. The van der Waals surface area contributed by atoms with E-state index >= 15 is 0 Å². The number of carbonyl (C=O) groups is 1. The van der Waals surface area contributed by atoms with Crippen molar-refractivity contribution in [2.24, 2.45) is 17.8 Å². The molecule has 166 valence electrons. The molecule has 2 fully saturated rings. The summed E-state index contributed by atoms with van der Waals surface area (Å²) in [6.07, 6.45) is 5.35. The van der Waals surface area contributed by atoms with Gasteiger partial charge in [-0.15, -0.1) is 0 Å². The maximum Gasteiger partial charge on any atom is 0.252 e. The average Bonchev–Trinajstić information content (AvgIpc) is 3.42. The zero-order chi connectivity index (χ0) is 22.5. The molecule has 3 heteroatoms. The SMILES string of the molecule is C[C@@H](NC(=O)c1cc(-c2ccc(C(C)(C)C)cc2)nc2ccccc12)[C@H]1C[C@H]2CC[C@H]1C2. The van der Waals surface area contributed by atoms with Crippen LogP contribution in [0.1, 0.15) is 69.3 Å². The van der Waals surface area contributed by atoms with Crippen LogP contribution in [-0.4, -0.2) is 16.9 Å². The topological polar surface area (TPSA) is 42.0 Å². The fraction of sp³-hybridized carbons (Fsp3) is 0.448. The molecule has 1 N–H and O–H groups in total. The van der Waals surface area contributed by atoms with Gasteiger partial charge in [-0.1, -0.05) is 69.7 Å². The van der Waals surface area contributed by atoms with Gasteiger partial charge in [0.1, 0.15) is 0 Å². The number of amides is 1. The Hall–Kier alpha value is -2.68. The normalized spacial score (nSPS) is 23.4. The van der Waals surface area contributed by atoms with Crippen LogP contribution in [-0.2, 0) is 5.41 Å². The second-order valence-corrected chi connectivity index (χ2v) is 11.0. The summed E-state index contributed by atoms with van der Waals surface area (Å²) in [5.74, 6) is 2.32. The van der Waals surface area contributed by atoms with Crippen molar-refractivity contribution >= 4 is 16.8 Å². The van der Waals surface area contributed by atoms with Crippen LogP contribution < -0.4 is 5.32 Å². The lowest BCUT2D eigenvalue weighted by Crippen LogP contribution is -2.40. The fourth-order valence-corrected chi connectivity index (χ4v) is 5.95. The Balaban J connectivity index is 1.46. The molecule has 0 spiro atoms. The van der Waals surface area contributed by atoms with Crippen LogP contribution in [0.2, 0.25) is 0 Å². The largest absolute Gasteiger partial charge is 0.349 e. The Bertz CT molecular complexity index is 1140. The van der Waals surface area contributed by atoms with Gasteiger partial charge >= 0.3 is 0 Å². The van der Waals surface area contributed by atoms with Gasteiger partial charge in [-0.25, -0.2) is 4.98 Å². The molecule has 0 saturated heterocycles. The molecule has 5 rings (SSSR count). The third-order valence-corrected chi connectivity index (χ3v) is 7.80. The fourth-order valence-electron chi connectivity index (χ4n) is 5.95. The molecular formula is C29H34N2O. The van der Waals surface area contributed by atoms with Crippen LogP contribution in [0.3, 0.4) is 0 Å². The van der Waals surface area contributed by atoms with E-state index in [4.69, 9.17) is 4.98 Å². The third kappa shape index (κ3) is 3.94. The molecule has 0 unspecified atom stereocenters. The number of hydrogen-bond donors (Lipinski definition) is 1. The smallest absolute Gasteiger partial charge is 0.252 e. The number of rotatable bonds is 4. The minimum Gasteiger partial charge on any atom is -0.349 e. The van der Waals surface area contributed by atoms with E-state index in [9.17, 15) is 4.79 Å². The van der Waals surface area contributed by atoms with E-state index in [-0.39, 0.29) is 17.4 Å². The Morgan fingerprint density at radius 1 is 1.03 bits per heavy atom. The summed E-state index contributed by atoms with van der Waals surface area (Å²) in [7, 11) is 0. The third-order valence-electron chi connectivity index (χ3n) is 7.80. The van der Waals surface area contributed by atoms with Gasteiger partial charge in [-0.05, 0) is 67.1 Å². The summed E-state index contributed by atoms with van der Waals surface area (Å²) in [6.45, 7) is 8.85. The lowest BCUT2D eigenvalue weighted by molar-refractivity contribution is 0.0917. The van der Waals surface area contributed by atoms with Crippen molar-refractivity contribution in [3.05, 3.63) is 65.7 Å². The molecule has 2 aromatic carbocycles. The van der Waals surface area contributed by atoms with Crippen LogP contribution >= 0.6 is 0 Å². The predicted molar refractivity (Wildman–Crippen MR) is 132 cm³/mol. The zero-order valence-corrected chi connectivity index (χ0v) is 19.7. The molecule has 2 saturated carbocycles. The van der Waals surface area contributed by atoms with Gasteiger partial charge in [0.15, 0.2) is 0 Å². The molecule has 0 aliphatic heterocycles. The van der Waals surface area contributed by atoms with E-state index in [2.05, 4.69) is 57.3 Å². The van der Waals surface area contributed by atoms with E-state index in [0.29, 0.717) is 5.92 Å². The number of carbonyl (C=O) groups excluding carboxylic acids is 1. The molecule has 4 atom stereocenters. The van der Waals surface area contributed by atoms with Crippen molar-refractivity contribution in [2.45, 2.75) is 64.8 Å². The zero-order valence-electron chi connectivity index (χ0n) is 19.7. The molecule has 1 amide bonds. The molecule has 3 nitrogen and oxygen atoms in total. The van der Waals surface area contributed by atoms with E-state index in [1.807, 2.05) is 30.3 Å². The molecule has 1 heterocycles. The lowest BCUT2D eigenvalue weighted by Gasteiger charge is -2.28. The standard InChI is InChI=1S/C29H34N2O/c1-18(24-16-19-9-10-21(24)15-19)30-28(32)25-17-27(31-26-8-6-5-7-23(25)26)20-11-13-22(14-12-20)29(2,3)4/h5-8,11-14,17-19,21,24H,9-10,15-16H2,1-4H3,(H,30,32)/t18-,19+,21+,24-/m1/s1. The number of nitrogens with zero attached hydrogens (tertiary/aromatic N) is 1. The summed E-state index contributed by atoms with van der Waals surface area (Å²) in [6, 6.07) is 18.7. The molecule has 2 aliphatic rings.